The van der Waals surface area contributed by atoms with Crippen molar-refractivity contribution in [1.29, 1.82) is 0 Å². The molecule has 2 aromatic carbocycles. The van der Waals surface area contributed by atoms with Crippen LogP contribution in [0, 0.1) is 19.8 Å². The van der Waals surface area contributed by atoms with Crippen LogP contribution in [0.4, 0.5) is 5.69 Å². The average molecular weight is 615 g/mol. The minimum atomic E-state index is -3.99. The number of nitrogens with one attached hydrogen (secondary N) is 1. The smallest absolute Gasteiger partial charge is 0.267 e. The van der Waals surface area contributed by atoms with E-state index in [0.29, 0.717) is 30.9 Å². The maximum atomic E-state index is 13.5. The van der Waals surface area contributed by atoms with Gasteiger partial charge in [0.15, 0.2) is 22.2 Å². The number of hydrogen-bond acceptors (Lipinski definition) is 10. The lowest BCUT2D eigenvalue weighted by Gasteiger charge is -2.34. The number of carbonyl (C=O) groups is 1. The van der Waals surface area contributed by atoms with Gasteiger partial charge in [0.25, 0.3) is 10.0 Å². The molecule has 0 bridgehead atoms. The largest absolute Gasteiger partial charge is 0.488 e. The zero-order valence-electron chi connectivity index (χ0n) is 25.0. The van der Waals surface area contributed by atoms with Gasteiger partial charge in [-0.15, -0.1) is 0 Å². The quantitative estimate of drug-likeness (QED) is 0.369. The van der Waals surface area contributed by atoms with Crippen LogP contribution in [0.5, 0.6) is 17.2 Å². The Bertz CT molecular complexity index is 1570. The molecule has 3 atom stereocenters. The van der Waals surface area contributed by atoms with E-state index >= 15 is 0 Å². The van der Waals surface area contributed by atoms with E-state index in [1.165, 1.54) is 6.92 Å². The molecule has 0 spiro atoms. The second-order valence-electron chi connectivity index (χ2n) is 11.4. The number of aromatic nitrogens is 1. The summed E-state index contributed by atoms with van der Waals surface area (Å²) in [5.74, 6) is 1.87. The number of hydrogen-bond donors (Lipinski definition) is 2. The Morgan fingerprint density at radius 3 is 2.60 bits per heavy atom. The molecule has 13 heteroatoms. The van der Waals surface area contributed by atoms with Crippen molar-refractivity contribution in [2.75, 3.05) is 38.3 Å². The number of ether oxygens (including phenoxy) is 3. The molecule has 2 aliphatic heterocycles. The van der Waals surface area contributed by atoms with Gasteiger partial charge in [0.05, 0.1) is 19.1 Å². The Morgan fingerprint density at radius 2 is 1.88 bits per heavy atom. The van der Waals surface area contributed by atoms with Gasteiger partial charge in [0.2, 0.25) is 12.7 Å². The predicted octanol–water partition coefficient (Wildman–Crippen LogP) is 3.10. The first kappa shape index (κ1) is 30.6. The molecule has 0 saturated carbocycles. The summed E-state index contributed by atoms with van der Waals surface area (Å²) in [5.41, 5.74) is 2.13. The van der Waals surface area contributed by atoms with Crippen LogP contribution in [-0.2, 0) is 27.8 Å². The number of fused-ring (bicyclic) bond motifs is 2. The van der Waals surface area contributed by atoms with Crippen LogP contribution in [0.3, 0.4) is 0 Å². The van der Waals surface area contributed by atoms with Gasteiger partial charge in [-0.1, -0.05) is 18.1 Å². The number of anilines is 1. The van der Waals surface area contributed by atoms with E-state index in [1.54, 1.807) is 36.9 Å². The van der Waals surface area contributed by atoms with Crippen molar-refractivity contribution in [2.45, 2.75) is 57.7 Å². The SMILES string of the molecule is Cc1noc(C)c1S(=O)(=O)Nc1ccc2c(c1)CC(=O)N([C@H](C)CO)C[C@H](C)[C@H](CN(C)Cc1ccc3c(c1)OCO3)O2. The highest BCUT2D eigenvalue weighted by Crippen LogP contribution is 2.34. The van der Waals surface area contributed by atoms with E-state index in [4.69, 9.17) is 18.7 Å². The Balaban J connectivity index is 1.41. The molecule has 2 aliphatic rings. The molecule has 1 aromatic heterocycles. The molecule has 232 valence electrons. The summed E-state index contributed by atoms with van der Waals surface area (Å²) < 4.78 is 51.5. The maximum Gasteiger partial charge on any atom is 0.267 e. The fourth-order valence-electron chi connectivity index (χ4n) is 5.50. The predicted molar refractivity (Wildman–Crippen MR) is 158 cm³/mol. The van der Waals surface area contributed by atoms with Gasteiger partial charge >= 0.3 is 0 Å². The number of nitrogens with zero attached hydrogens (tertiary/aromatic N) is 3. The lowest BCUT2D eigenvalue weighted by Crippen LogP contribution is -2.47. The fourth-order valence-corrected chi connectivity index (χ4v) is 6.88. The molecule has 43 heavy (non-hydrogen) atoms. The van der Waals surface area contributed by atoms with Crippen molar-refractivity contribution in [1.82, 2.24) is 15.0 Å². The van der Waals surface area contributed by atoms with Crippen LogP contribution < -0.4 is 18.9 Å². The number of likely N-dealkylation sites (N-methyl/N-ethyl adjacent to an activating group) is 1. The van der Waals surface area contributed by atoms with Crippen LogP contribution in [0.1, 0.15) is 36.4 Å². The highest BCUT2D eigenvalue weighted by atomic mass is 32.2. The number of aliphatic hydroxyl groups is 1. The Hall–Kier alpha value is -3.81. The molecule has 0 saturated heterocycles. The monoisotopic (exact) mass is 614 g/mol. The molecule has 2 N–H and O–H groups in total. The van der Waals surface area contributed by atoms with Crippen molar-refractivity contribution < 1.29 is 37.1 Å². The standard InChI is InChI=1S/C30H38N4O8S/c1-18-13-34(19(2)16-35)29(36)12-23-11-24(32-43(37,38)30-20(3)31-42-21(30)4)7-9-25(23)41-28(18)15-33(5)14-22-6-8-26-27(10-22)40-17-39-26/h6-11,18-19,28,32,35H,12-17H2,1-5H3/t18-,19+,28-/m0/s1. The van der Waals surface area contributed by atoms with E-state index in [1.807, 2.05) is 32.2 Å². The van der Waals surface area contributed by atoms with E-state index in [9.17, 15) is 18.3 Å². The van der Waals surface area contributed by atoms with Crippen molar-refractivity contribution in [3.05, 3.63) is 59.0 Å². The van der Waals surface area contributed by atoms with Crippen molar-refractivity contribution in [3.8, 4) is 17.2 Å². The van der Waals surface area contributed by atoms with Crippen LogP contribution >= 0.6 is 0 Å². The summed E-state index contributed by atoms with van der Waals surface area (Å²) in [4.78, 5) is 17.3. The second kappa shape index (κ2) is 12.4. The minimum Gasteiger partial charge on any atom is -0.488 e. The number of carbonyl (C=O) groups excluding carboxylic acids is 1. The van der Waals surface area contributed by atoms with E-state index in [2.05, 4.69) is 14.8 Å². The lowest BCUT2D eigenvalue weighted by molar-refractivity contribution is -0.134. The lowest BCUT2D eigenvalue weighted by atomic mass is 10.0. The van der Waals surface area contributed by atoms with E-state index in [-0.39, 0.29) is 59.8 Å². The normalized spacial score (nSPS) is 19.3. The van der Waals surface area contributed by atoms with Crippen LogP contribution in [0.25, 0.3) is 0 Å². The van der Waals surface area contributed by atoms with Crippen LogP contribution in [0.2, 0.25) is 0 Å². The summed E-state index contributed by atoms with van der Waals surface area (Å²) in [7, 11) is -1.99. The van der Waals surface area contributed by atoms with Crippen molar-refractivity contribution >= 4 is 21.6 Å². The molecule has 0 unspecified atom stereocenters. The molecule has 3 aromatic rings. The maximum absolute atomic E-state index is 13.5. The number of sulfonamides is 1. The van der Waals surface area contributed by atoms with Gasteiger partial charge in [-0.25, -0.2) is 8.42 Å². The van der Waals surface area contributed by atoms with Gasteiger partial charge in [-0.3, -0.25) is 14.4 Å². The molecule has 5 rings (SSSR count). The number of amides is 1. The summed E-state index contributed by atoms with van der Waals surface area (Å²) in [6.45, 7) is 8.53. The first-order chi connectivity index (χ1) is 20.4. The highest BCUT2D eigenvalue weighted by Gasteiger charge is 2.32. The van der Waals surface area contributed by atoms with Gasteiger partial charge < -0.3 is 28.7 Å². The highest BCUT2D eigenvalue weighted by molar-refractivity contribution is 7.92. The van der Waals surface area contributed by atoms with Crippen LogP contribution in [-0.4, -0.2) is 80.1 Å². The van der Waals surface area contributed by atoms with Gasteiger partial charge in [0, 0.05) is 36.8 Å². The third-order valence-electron chi connectivity index (χ3n) is 7.79. The number of benzene rings is 2. The van der Waals surface area contributed by atoms with E-state index < -0.39 is 16.1 Å². The van der Waals surface area contributed by atoms with Crippen molar-refractivity contribution in [3.63, 3.8) is 0 Å². The minimum absolute atomic E-state index is 0.0208. The van der Waals surface area contributed by atoms with E-state index in [0.717, 1.165) is 17.1 Å². The van der Waals surface area contributed by atoms with Gasteiger partial charge in [-0.2, -0.15) is 0 Å². The second-order valence-corrected chi connectivity index (χ2v) is 13.0. The zero-order valence-corrected chi connectivity index (χ0v) is 25.8. The summed E-state index contributed by atoms with van der Waals surface area (Å²) in [5, 5.41) is 13.7. The zero-order chi connectivity index (χ0) is 30.9. The molecular weight excluding hydrogens is 576 g/mol. The Morgan fingerprint density at radius 1 is 1.14 bits per heavy atom. The topological polar surface area (TPSA) is 144 Å². The summed E-state index contributed by atoms with van der Waals surface area (Å²) in [6.07, 6.45) is -0.338. The summed E-state index contributed by atoms with van der Waals surface area (Å²) >= 11 is 0. The molecule has 0 aliphatic carbocycles. The molecule has 3 heterocycles. The molecule has 1 amide bonds. The Labute approximate surface area is 251 Å². The third kappa shape index (κ3) is 6.73. The van der Waals surface area contributed by atoms with Gasteiger partial charge in [-0.05, 0) is 63.7 Å². The fraction of sp³-hybridized carbons (Fsp3) is 0.467. The molecule has 0 radical (unpaired) electrons. The van der Waals surface area contributed by atoms with Gasteiger partial charge in [0.1, 0.15) is 17.5 Å². The first-order valence-corrected chi connectivity index (χ1v) is 15.7. The van der Waals surface area contributed by atoms with Crippen molar-refractivity contribution in [2.24, 2.45) is 5.92 Å². The number of rotatable bonds is 9. The molecular formula is C30H38N4O8S. The van der Waals surface area contributed by atoms with Crippen LogP contribution in [0.15, 0.2) is 45.8 Å². The average Bonchev–Trinajstić information content (AvgIpc) is 3.57. The Kier molecular flexibility index (Phi) is 8.86. The molecule has 0 fully saturated rings. The number of aryl methyl sites for hydroxylation is 2. The number of aliphatic hydroxyl groups excluding tert-OH is 1. The third-order valence-corrected chi connectivity index (χ3v) is 9.41. The molecule has 12 nitrogen and oxygen atoms in total. The summed E-state index contributed by atoms with van der Waals surface area (Å²) in [6, 6.07) is 10.4. The first-order valence-electron chi connectivity index (χ1n) is 14.2.